The topological polar surface area (TPSA) is 29.5 Å². The van der Waals surface area contributed by atoms with Crippen LogP contribution >= 0.6 is 0 Å². The van der Waals surface area contributed by atoms with Crippen molar-refractivity contribution < 1.29 is 9.53 Å². The molecule has 0 heterocycles. The highest BCUT2D eigenvalue weighted by molar-refractivity contribution is 5.87. The number of hydrogen-bond acceptors (Lipinski definition) is 3. The predicted octanol–water partition coefficient (Wildman–Crippen LogP) is 2.96. The van der Waals surface area contributed by atoms with Crippen molar-refractivity contribution in [3.8, 4) is 0 Å². The highest BCUT2D eigenvalue weighted by Gasteiger charge is 2.25. The Bertz CT molecular complexity index is 238. The number of nitrogens with zero attached hydrogens (tertiary/aromatic N) is 1. The van der Waals surface area contributed by atoms with Crippen LogP contribution in [0.2, 0.25) is 0 Å². The summed E-state index contributed by atoms with van der Waals surface area (Å²) in [5.41, 5.74) is 0.450. The first-order valence-electron chi connectivity index (χ1n) is 5.95. The molecule has 0 rings (SSSR count). The molecular weight excluding hydrogens is 202 g/mol. The Labute approximate surface area is 99.5 Å². The quantitative estimate of drug-likeness (QED) is 0.397. The number of rotatable bonds is 6. The van der Waals surface area contributed by atoms with Gasteiger partial charge in [0, 0.05) is 17.7 Å². The molecular formula is C13H25NO2. The van der Waals surface area contributed by atoms with Gasteiger partial charge in [-0.3, -0.25) is 4.90 Å². The summed E-state index contributed by atoms with van der Waals surface area (Å²) in [5.74, 6) is -0.307. The van der Waals surface area contributed by atoms with E-state index in [1.807, 2.05) is 6.92 Å². The molecule has 1 unspecified atom stereocenters. The van der Waals surface area contributed by atoms with Gasteiger partial charge in [0.25, 0.3) is 0 Å². The van der Waals surface area contributed by atoms with Gasteiger partial charge in [-0.25, -0.2) is 4.79 Å². The maximum absolute atomic E-state index is 11.5. The average molecular weight is 227 g/mol. The van der Waals surface area contributed by atoms with E-state index >= 15 is 0 Å². The molecule has 0 amide bonds. The maximum atomic E-state index is 11.5. The van der Waals surface area contributed by atoms with Gasteiger partial charge in [0.1, 0.15) is 0 Å². The number of esters is 1. The smallest absolute Gasteiger partial charge is 0.334 e. The molecule has 0 aliphatic carbocycles. The lowest BCUT2D eigenvalue weighted by atomic mass is 10.2. The van der Waals surface area contributed by atoms with E-state index < -0.39 is 0 Å². The van der Waals surface area contributed by atoms with Crippen molar-refractivity contribution >= 4 is 5.97 Å². The summed E-state index contributed by atoms with van der Waals surface area (Å²) in [7, 11) is 0. The maximum Gasteiger partial charge on any atom is 0.334 e. The molecule has 1 atom stereocenters. The summed E-state index contributed by atoms with van der Waals surface area (Å²) >= 11 is 0. The van der Waals surface area contributed by atoms with Gasteiger partial charge in [-0.05, 0) is 41.0 Å². The monoisotopic (exact) mass is 227 g/mol. The summed E-state index contributed by atoms with van der Waals surface area (Å²) in [6.07, 6.45) is 0.624. The fourth-order valence-electron chi connectivity index (χ4n) is 1.84. The second kappa shape index (κ2) is 6.69. The largest absolute Gasteiger partial charge is 0.443 e. The van der Waals surface area contributed by atoms with Crippen molar-refractivity contribution in [1.29, 1.82) is 0 Å². The lowest BCUT2D eigenvalue weighted by Gasteiger charge is -2.36. The third kappa shape index (κ3) is 4.35. The van der Waals surface area contributed by atoms with E-state index in [4.69, 9.17) is 4.74 Å². The Morgan fingerprint density at radius 1 is 1.25 bits per heavy atom. The van der Waals surface area contributed by atoms with E-state index in [0.717, 1.165) is 6.42 Å². The Morgan fingerprint density at radius 3 is 1.94 bits per heavy atom. The van der Waals surface area contributed by atoms with E-state index in [2.05, 4.69) is 39.2 Å². The van der Waals surface area contributed by atoms with Crippen LogP contribution in [0.25, 0.3) is 0 Å². The van der Waals surface area contributed by atoms with Gasteiger partial charge in [0.05, 0.1) is 0 Å². The summed E-state index contributed by atoms with van der Waals surface area (Å²) in [6.45, 7) is 15.7. The molecule has 0 saturated heterocycles. The number of ether oxygens (including phenoxy) is 1. The van der Waals surface area contributed by atoms with Crippen LogP contribution < -0.4 is 0 Å². The Morgan fingerprint density at radius 2 is 1.69 bits per heavy atom. The lowest BCUT2D eigenvalue weighted by molar-refractivity contribution is -0.159. The van der Waals surface area contributed by atoms with Gasteiger partial charge < -0.3 is 4.74 Å². The summed E-state index contributed by atoms with van der Waals surface area (Å²) in [5, 5.41) is 0. The summed E-state index contributed by atoms with van der Waals surface area (Å²) in [4.78, 5) is 13.7. The summed E-state index contributed by atoms with van der Waals surface area (Å²) in [6, 6.07) is 0.700. The van der Waals surface area contributed by atoms with Crippen molar-refractivity contribution in [2.75, 3.05) is 0 Å². The van der Waals surface area contributed by atoms with Crippen LogP contribution in [-0.2, 0) is 9.53 Å². The highest BCUT2D eigenvalue weighted by Crippen LogP contribution is 2.15. The molecule has 0 radical (unpaired) electrons. The minimum atomic E-state index is -0.307. The van der Waals surface area contributed by atoms with E-state index in [0.29, 0.717) is 17.7 Å². The van der Waals surface area contributed by atoms with E-state index in [1.165, 1.54) is 0 Å². The standard InChI is InChI=1S/C13H25NO2/c1-8-12(16-13(15)9(2)3)14(10(4)5)11(6)7/h10-12H,2,8H2,1,3-7H3. The molecule has 0 aromatic carbocycles. The average Bonchev–Trinajstić information content (AvgIpc) is 2.14. The minimum Gasteiger partial charge on any atom is -0.443 e. The van der Waals surface area contributed by atoms with Crippen LogP contribution in [0, 0.1) is 0 Å². The fraction of sp³-hybridized carbons (Fsp3) is 0.769. The molecule has 0 saturated carbocycles. The molecule has 3 nitrogen and oxygen atoms in total. The number of carbonyl (C=O) groups excluding carboxylic acids is 1. The van der Waals surface area contributed by atoms with E-state index in [9.17, 15) is 4.79 Å². The Hall–Kier alpha value is -0.830. The van der Waals surface area contributed by atoms with Crippen LogP contribution in [0.4, 0.5) is 0 Å². The molecule has 0 N–H and O–H groups in total. The van der Waals surface area contributed by atoms with Crippen molar-refractivity contribution in [2.24, 2.45) is 0 Å². The number of carbonyl (C=O) groups is 1. The third-order valence-corrected chi connectivity index (χ3v) is 2.47. The Kier molecular flexibility index (Phi) is 6.34. The van der Waals surface area contributed by atoms with Crippen molar-refractivity contribution in [3.63, 3.8) is 0 Å². The van der Waals surface area contributed by atoms with Crippen LogP contribution in [0.15, 0.2) is 12.2 Å². The first kappa shape index (κ1) is 15.2. The molecule has 0 aromatic rings. The molecule has 0 aliphatic rings. The molecule has 0 fully saturated rings. The zero-order valence-electron chi connectivity index (χ0n) is 11.4. The SMILES string of the molecule is C=C(C)C(=O)OC(CC)N(C(C)C)C(C)C. The van der Waals surface area contributed by atoms with Gasteiger partial charge in [-0.1, -0.05) is 13.5 Å². The lowest BCUT2D eigenvalue weighted by Crippen LogP contribution is -2.47. The zero-order valence-corrected chi connectivity index (χ0v) is 11.4. The van der Waals surface area contributed by atoms with Crippen molar-refractivity contribution in [1.82, 2.24) is 4.90 Å². The van der Waals surface area contributed by atoms with Crippen LogP contribution in [-0.4, -0.2) is 29.2 Å². The molecule has 0 bridgehead atoms. The van der Waals surface area contributed by atoms with Crippen molar-refractivity contribution in [2.45, 2.75) is 66.3 Å². The normalized spacial score (nSPS) is 13.3. The highest BCUT2D eigenvalue weighted by atomic mass is 16.6. The third-order valence-electron chi connectivity index (χ3n) is 2.47. The van der Waals surface area contributed by atoms with E-state index in [1.54, 1.807) is 6.92 Å². The van der Waals surface area contributed by atoms with E-state index in [-0.39, 0.29) is 12.2 Å². The fourth-order valence-corrected chi connectivity index (χ4v) is 1.84. The minimum absolute atomic E-state index is 0.163. The van der Waals surface area contributed by atoms with Crippen molar-refractivity contribution in [3.05, 3.63) is 12.2 Å². The second-order valence-electron chi connectivity index (χ2n) is 4.68. The van der Waals surface area contributed by atoms with Crippen LogP contribution in [0.5, 0.6) is 0 Å². The van der Waals surface area contributed by atoms with Crippen LogP contribution in [0.3, 0.4) is 0 Å². The first-order valence-corrected chi connectivity index (χ1v) is 5.95. The second-order valence-corrected chi connectivity index (χ2v) is 4.68. The predicted molar refractivity (Wildman–Crippen MR) is 67.1 cm³/mol. The number of hydrogen-bond donors (Lipinski definition) is 0. The molecule has 16 heavy (non-hydrogen) atoms. The summed E-state index contributed by atoms with van der Waals surface area (Å²) < 4.78 is 5.43. The van der Waals surface area contributed by atoms with Gasteiger partial charge >= 0.3 is 5.97 Å². The zero-order chi connectivity index (χ0) is 12.9. The first-order chi connectivity index (χ1) is 7.31. The molecule has 3 heteroatoms. The van der Waals surface area contributed by atoms with Crippen LogP contribution in [0.1, 0.15) is 48.0 Å². The molecule has 94 valence electrons. The Balaban J connectivity index is 4.68. The van der Waals surface area contributed by atoms with Gasteiger partial charge in [-0.2, -0.15) is 0 Å². The molecule has 0 aliphatic heterocycles. The van der Waals surface area contributed by atoms with Gasteiger partial charge in [0.2, 0.25) is 0 Å². The molecule has 0 spiro atoms. The van der Waals surface area contributed by atoms with Gasteiger partial charge in [-0.15, -0.1) is 0 Å². The van der Waals surface area contributed by atoms with Gasteiger partial charge in [0.15, 0.2) is 6.23 Å². The molecule has 0 aromatic heterocycles.